The molecule has 0 unspecified atom stereocenters. The largest absolute Gasteiger partial charge is 0.418 e. The minimum Gasteiger partial charge on any atom is -0.329 e. The van der Waals surface area contributed by atoms with Crippen LogP contribution in [0.3, 0.4) is 0 Å². The van der Waals surface area contributed by atoms with E-state index in [-0.39, 0.29) is 18.1 Å². The van der Waals surface area contributed by atoms with Gasteiger partial charge in [-0.15, -0.1) is 0 Å². The summed E-state index contributed by atoms with van der Waals surface area (Å²) in [5, 5.41) is -0.148. The number of nitrogens with one attached hydrogen (secondary N) is 2. The van der Waals surface area contributed by atoms with Crippen LogP contribution >= 0.6 is 11.6 Å². The van der Waals surface area contributed by atoms with Crippen LogP contribution in [0.25, 0.3) is 0 Å². The van der Waals surface area contributed by atoms with E-state index in [0.29, 0.717) is 6.07 Å². The first-order chi connectivity index (χ1) is 8.65. The molecule has 0 aromatic heterocycles. The molecule has 0 aliphatic heterocycles. The normalized spacial score (nSPS) is 12.5. The number of anilines is 1. The number of nitrogens with two attached hydrogens (primary N) is 1. The number of hydrogen-bond donors (Lipinski definition) is 3. The summed E-state index contributed by atoms with van der Waals surface area (Å²) in [4.78, 5) is 0. The van der Waals surface area contributed by atoms with Crippen molar-refractivity contribution in [2.75, 3.05) is 17.8 Å². The van der Waals surface area contributed by atoms with Crippen LogP contribution in [0.5, 0.6) is 0 Å². The summed E-state index contributed by atoms with van der Waals surface area (Å²) in [6, 6.07) is 2.73. The van der Waals surface area contributed by atoms with E-state index in [2.05, 4.69) is 0 Å². The zero-order valence-electron chi connectivity index (χ0n) is 9.46. The van der Waals surface area contributed by atoms with Gasteiger partial charge >= 0.3 is 6.18 Å². The second kappa shape index (κ2) is 5.95. The van der Waals surface area contributed by atoms with Gasteiger partial charge in [-0.25, -0.2) is 0 Å². The van der Waals surface area contributed by atoms with Gasteiger partial charge in [0, 0.05) is 18.1 Å². The second-order valence-electron chi connectivity index (χ2n) is 3.48. The molecule has 0 saturated heterocycles. The highest BCUT2D eigenvalue weighted by atomic mass is 35.5. The van der Waals surface area contributed by atoms with Gasteiger partial charge in [-0.1, -0.05) is 11.6 Å². The Labute approximate surface area is 113 Å². The fourth-order valence-electron chi connectivity index (χ4n) is 1.21. The predicted octanol–water partition coefficient (Wildman–Crippen LogP) is 1.56. The second-order valence-corrected chi connectivity index (χ2v) is 5.41. The Kier molecular flexibility index (Phi) is 5.02. The van der Waals surface area contributed by atoms with Crippen molar-refractivity contribution in [1.29, 1.82) is 0 Å². The topological polar surface area (TPSA) is 84.2 Å². The van der Waals surface area contributed by atoms with Crippen molar-refractivity contribution in [3.05, 3.63) is 28.8 Å². The maximum atomic E-state index is 12.7. The van der Waals surface area contributed by atoms with Crippen molar-refractivity contribution >= 4 is 27.5 Å². The Hall–Kier alpha value is -1.03. The molecule has 0 amide bonds. The summed E-state index contributed by atoms with van der Waals surface area (Å²) in [6.07, 6.45) is -4.73. The Bertz CT molecular complexity index is 548. The molecule has 0 saturated carbocycles. The van der Waals surface area contributed by atoms with E-state index in [9.17, 15) is 21.6 Å². The smallest absolute Gasteiger partial charge is 0.329 e. The minimum atomic E-state index is -4.73. The Balaban J connectivity index is 3.08. The average Bonchev–Trinajstić information content (AvgIpc) is 2.27. The summed E-state index contributed by atoms with van der Waals surface area (Å²) in [7, 11) is -4.12. The van der Waals surface area contributed by atoms with E-state index >= 15 is 0 Å². The van der Waals surface area contributed by atoms with Crippen LogP contribution in [-0.4, -0.2) is 21.5 Å². The van der Waals surface area contributed by atoms with Crippen LogP contribution in [0.2, 0.25) is 5.02 Å². The standard InChI is InChI=1S/C9H11ClF3N3O2S/c10-6-1-2-8(7(5-6)9(11,12)13)16-19(17,18)15-4-3-14/h1-2,5,15-16H,3-4,14H2. The lowest BCUT2D eigenvalue weighted by molar-refractivity contribution is -0.136. The molecule has 0 atom stereocenters. The van der Waals surface area contributed by atoms with Gasteiger partial charge in [0.1, 0.15) is 0 Å². The van der Waals surface area contributed by atoms with Gasteiger partial charge in [-0.3, -0.25) is 4.72 Å². The zero-order valence-corrected chi connectivity index (χ0v) is 11.0. The molecular formula is C9H11ClF3N3O2S. The lowest BCUT2D eigenvalue weighted by Crippen LogP contribution is -2.34. The van der Waals surface area contributed by atoms with Gasteiger partial charge in [0.25, 0.3) is 10.2 Å². The van der Waals surface area contributed by atoms with Crippen LogP contribution in [0.4, 0.5) is 18.9 Å². The number of benzene rings is 1. The van der Waals surface area contributed by atoms with Crippen LogP contribution < -0.4 is 15.2 Å². The molecule has 1 aromatic rings. The quantitative estimate of drug-likeness (QED) is 0.770. The average molecular weight is 318 g/mol. The molecule has 0 spiro atoms. The van der Waals surface area contributed by atoms with Gasteiger partial charge in [-0.2, -0.15) is 26.3 Å². The molecule has 0 aliphatic rings. The summed E-state index contributed by atoms with van der Waals surface area (Å²) < 4.78 is 64.8. The van der Waals surface area contributed by atoms with Crippen molar-refractivity contribution in [3.8, 4) is 0 Å². The number of hydrogen-bond acceptors (Lipinski definition) is 3. The Morgan fingerprint density at radius 1 is 1.32 bits per heavy atom. The maximum Gasteiger partial charge on any atom is 0.418 e. The highest BCUT2D eigenvalue weighted by Gasteiger charge is 2.34. The maximum absolute atomic E-state index is 12.7. The first-order valence-corrected chi connectivity index (χ1v) is 6.86. The molecule has 5 nitrogen and oxygen atoms in total. The molecule has 0 fully saturated rings. The Morgan fingerprint density at radius 2 is 1.95 bits per heavy atom. The van der Waals surface area contributed by atoms with E-state index in [4.69, 9.17) is 17.3 Å². The van der Waals surface area contributed by atoms with Crippen molar-refractivity contribution in [1.82, 2.24) is 4.72 Å². The Morgan fingerprint density at radius 3 is 2.47 bits per heavy atom. The molecule has 108 valence electrons. The fourth-order valence-corrected chi connectivity index (χ4v) is 2.31. The van der Waals surface area contributed by atoms with E-state index in [1.807, 2.05) is 4.72 Å². The van der Waals surface area contributed by atoms with E-state index < -0.39 is 27.6 Å². The van der Waals surface area contributed by atoms with Crippen LogP contribution in [-0.2, 0) is 16.4 Å². The summed E-state index contributed by atoms with van der Waals surface area (Å²) in [5.74, 6) is 0. The first kappa shape index (κ1) is 16.0. The zero-order chi connectivity index (χ0) is 14.7. The van der Waals surface area contributed by atoms with Crippen LogP contribution in [0, 0.1) is 0 Å². The number of halogens is 4. The summed E-state index contributed by atoms with van der Waals surface area (Å²) in [6.45, 7) is -0.0715. The van der Waals surface area contributed by atoms with E-state index in [1.54, 1.807) is 4.72 Å². The van der Waals surface area contributed by atoms with Crippen molar-refractivity contribution in [2.45, 2.75) is 6.18 Å². The van der Waals surface area contributed by atoms with Crippen molar-refractivity contribution in [2.24, 2.45) is 5.73 Å². The van der Waals surface area contributed by atoms with Gasteiger partial charge in [0.05, 0.1) is 11.3 Å². The third-order valence-electron chi connectivity index (χ3n) is 1.97. The lowest BCUT2D eigenvalue weighted by atomic mass is 10.2. The van der Waals surface area contributed by atoms with Gasteiger partial charge in [0.15, 0.2) is 0 Å². The molecule has 0 aliphatic carbocycles. The van der Waals surface area contributed by atoms with Crippen LogP contribution in [0.15, 0.2) is 18.2 Å². The molecule has 1 aromatic carbocycles. The fraction of sp³-hybridized carbons (Fsp3) is 0.333. The van der Waals surface area contributed by atoms with Gasteiger partial charge < -0.3 is 5.73 Å². The van der Waals surface area contributed by atoms with Crippen LogP contribution in [0.1, 0.15) is 5.56 Å². The third-order valence-corrected chi connectivity index (χ3v) is 3.28. The molecule has 0 heterocycles. The van der Waals surface area contributed by atoms with Crippen molar-refractivity contribution < 1.29 is 21.6 Å². The molecule has 1 rings (SSSR count). The van der Waals surface area contributed by atoms with Gasteiger partial charge in [0.2, 0.25) is 0 Å². The number of alkyl halides is 3. The minimum absolute atomic E-state index is 0.0215. The van der Waals surface area contributed by atoms with E-state index in [1.165, 1.54) is 0 Å². The lowest BCUT2D eigenvalue weighted by Gasteiger charge is -2.15. The summed E-state index contributed by atoms with van der Waals surface area (Å²) >= 11 is 5.47. The number of rotatable bonds is 5. The summed E-state index contributed by atoms with van der Waals surface area (Å²) in [5.41, 5.74) is 3.32. The predicted molar refractivity (Wildman–Crippen MR) is 66.1 cm³/mol. The highest BCUT2D eigenvalue weighted by molar-refractivity contribution is 7.90. The molecule has 10 heteroatoms. The third kappa shape index (κ3) is 4.86. The molecule has 0 radical (unpaired) electrons. The molecule has 0 bridgehead atoms. The molecule has 19 heavy (non-hydrogen) atoms. The monoisotopic (exact) mass is 317 g/mol. The highest BCUT2D eigenvalue weighted by Crippen LogP contribution is 2.36. The molecular weight excluding hydrogens is 307 g/mol. The van der Waals surface area contributed by atoms with Gasteiger partial charge in [-0.05, 0) is 18.2 Å². The SMILES string of the molecule is NCCNS(=O)(=O)Nc1ccc(Cl)cc1C(F)(F)F. The van der Waals surface area contributed by atoms with Crippen molar-refractivity contribution in [3.63, 3.8) is 0 Å². The first-order valence-electron chi connectivity index (χ1n) is 5.00. The molecule has 4 N–H and O–H groups in total. The van der Waals surface area contributed by atoms with E-state index in [0.717, 1.165) is 12.1 Å².